The lowest BCUT2D eigenvalue weighted by Gasteiger charge is -2.18. The molecule has 8 heteroatoms. The Labute approximate surface area is 171 Å². The Morgan fingerprint density at radius 1 is 0.815 bits per heavy atom. The average Bonchev–Trinajstić information content (AvgIpc) is 2.69. The summed E-state index contributed by atoms with van der Waals surface area (Å²) >= 11 is 9.71. The number of likely N-dealkylation sites (N-methyl/N-ethyl adjacent to an activating group) is 2. The van der Waals surface area contributed by atoms with Crippen LogP contribution in [0.15, 0.2) is 21.7 Å². The van der Waals surface area contributed by atoms with E-state index in [1.165, 1.54) is 0 Å². The van der Waals surface area contributed by atoms with Crippen LogP contribution >= 0.6 is 24.4 Å². The summed E-state index contributed by atoms with van der Waals surface area (Å²) in [7, 11) is 2.06. The zero-order valence-corrected chi connectivity index (χ0v) is 18.3. The fourth-order valence-electron chi connectivity index (χ4n) is 2.33. The molecule has 0 aromatic heterocycles. The topological polar surface area (TPSA) is 64.7 Å². The quantitative estimate of drug-likeness (QED) is 0.548. The summed E-state index contributed by atoms with van der Waals surface area (Å²) in [6, 6.07) is 3.11. The zero-order valence-electron chi connectivity index (χ0n) is 16.6. The molecule has 27 heavy (non-hydrogen) atoms. The van der Waals surface area contributed by atoms with Crippen molar-refractivity contribution in [3.05, 3.63) is 41.6 Å². The van der Waals surface area contributed by atoms with Gasteiger partial charge < -0.3 is 20.4 Å². The largest absolute Gasteiger partial charge is 0.382 e. The van der Waals surface area contributed by atoms with Crippen LogP contribution in [0.1, 0.15) is 20.8 Å². The summed E-state index contributed by atoms with van der Waals surface area (Å²) in [4.78, 5) is 26.0. The van der Waals surface area contributed by atoms with Crippen molar-refractivity contribution >= 4 is 35.8 Å². The van der Waals surface area contributed by atoms with E-state index in [1.807, 2.05) is 0 Å². The molecular weight excluding hydrogens is 380 g/mol. The van der Waals surface area contributed by atoms with Gasteiger partial charge in [-0.05, 0) is 26.7 Å². The van der Waals surface area contributed by atoms with Crippen molar-refractivity contribution in [3.8, 4) is 0 Å². The maximum Gasteiger partial charge on any atom is 0.200 e. The minimum atomic E-state index is -0.0265. The molecule has 0 bridgehead atoms. The highest BCUT2D eigenvalue weighted by Gasteiger charge is 2.05. The highest BCUT2D eigenvalue weighted by Crippen LogP contribution is 2.07. The van der Waals surface area contributed by atoms with Gasteiger partial charge in [0.05, 0.1) is 11.4 Å². The van der Waals surface area contributed by atoms with Gasteiger partial charge >= 0.3 is 0 Å². The maximum atomic E-state index is 10.8. The average molecular weight is 411 g/mol. The molecule has 0 aliphatic heterocycles. The standard InChI is InChI=1S/C10H16N2OS.C9H14N2OS/c1-3-12(4-2)6-5-11-8-7-9(13)10(8)14;1-3-11(2)5-4-10-7-6-8(12)9(7)13/h7,11H,3-6H2,1-2H3;6,10H,3-5H2,1-2H3. The number of nitrogens with zero attached hydrogens (tertiary/aromatic N) is 2. The van der Waals surface area contributed by atoms with Crippen molar-refractivity contribution < 1.29 is 0 Å². The van der Waals surface area contributed by atoms with Crippen molar-refractivity contribution in [1.29, 1.82) is 0 Å². The summed E-state index contributed by atoms with van der Waals surface area (Å²) in [5, 5.41) is 6.28. The summed E-state index contributed by atoms with van der Waals surface area (Å²) in [5.41, 5.74) is 1.60. The molecule has 0 amide bonds. The number of hydrogen-bond acceptors (Lipinski definition) is 8. The van der Waals surface area contributed by atoms with Crippen molar-refractivity contribution in [2.24, 2.45) is 0 Å². The van der Waals surface area contributed by atoms with Gasteiger partial charge in [0.25, 0.3) is 0 Å². The van der Waals surface area contributed by atoms with Gasteiger partial charge in [0.2, 0.25) is 10.9 Å². The van der Waals surface area contributed by atoms with Crippen LogP contribution in [0, 0.1) is 9.02 Å². The molecule has 0 aliphatic carbocycles. The summed E-state index contributed by atoms with van der Waals surface area (Å²) in [6.07, 6.45) is 0. The van der Waals surface area contributed by atoms with E-state index in [2.05, 4.69) is 48.3 Å². The van der Waals surface area contributed by atoms with Gasteiger partial charge in [0, 0.05) is 38.3 Å². The molecule has 0 atom stereocenters. The molecule has 6 nitrogen and oxygen atoms in total. The van der Waals surface area contributed by atoms with E-state index in [1.54, 1.807) is 12.1 Å². The van der Waals surface area contributed by atoms with Crippen LogP contribution in [0.2, 0.25) is 0 Å². The normalized spacial score (nSPS) is 11.0. The number of nitrogens with one attached hydrogen (secondary N) is 2. The Hall–Kier alpha value is -1.48. The Kier molecular flexibility index (Phi) is 10.5. The highest BCUT2D eigenvalue weighted by molar-refractivity contribution is 7.71. The molecule has 0 unspecified atom stereocenters. The van der Waals surface area contributed by atoms with Crippen molar-refractivity contribution in [3.63, 3.8) is 0 Å². The molecule has 0 saturated heterocycles. The van der Waals surface area contributed by atoms with Crippen LogP contribution in [0.4, 0.5) is 11.4 Å². The van der Waals surface area contributed by atoms with E-state index in [4.69, 9.17) is 24.4 Å². The predicted molar refractivity (Wildman–Crippen MR) is 120 cm³/mol. The summed E-state index contributed by atoms with van der Waals surface area (Å²) in [5.74, 6) is 0. The van der Waals surface area contributed by atoms with Crippen LogP contribution < -0.4 is 21.5 Å². The smallest absolute Gasteiger partial charge is 0.200 e. The van der Waals surface area contributed by atoms with Gasteiger partial charge in [-0.25, -0.2) is 0 Å². The summed E-state index contributed by atoms with van der Waals surface area (Å²) in [6.45, 7) is 13.2. The molecule has 0 saturated carbocycles. The zero-order chi connectivity index (χ0) is 20.4. The van der Waals surface area contributed by atoms with Crippen LogP contribution in [0.5, 0.6) is 0 Å². The first-order chi connectivity index (χ1) is 12.8. The van der Waals surface area contributed by atoms with E-state index >= 15 is 0 Å². The van der Waals surface area contributed by atoms with Gasteiger partial charge in [-0.15, -0.1) is 0 Å². The Morgan fingerprint density at radius 3 is 1.59 bits per heavy atom. The van der Waals surface area contributed by atoms with E-state index < -0.39 is 0 Å². The monoisotopic (exact) mass is 410 g/mol. The van der Waals surface area contributed by atoms with Gasteiger partial charge in [0.15, 0.2) is 0 Å². The van der Waals surface area contributed by atoms with Crippen LogP contribution in [-0.2, 0) is 0 Å². The lowest BCUT2D eigenvalue weighted by Crippen LogP contribution is -2.29. The fourth-order valence-corrected chi connectivity index (χ4v) is 2.71. The molecule has 0 aliphatic rings. The molecular formula is C19H30N4O2S2. The SMILES string of the molecule is CCN(C)CCNc1cc(=O)c1=S.CCN(CC)CCNc1cc(=O)c1=S. The van der Waals surface area contributed by atoms with E-state index in [9.17, 15) is 9.59 Å². The lowest BCUT2D eigenvalue weighted by molar-refractivity contribution is 0.316. The van der Waals surface area contributed by atoms with Gasteiger partial charge in [0.1, 0.15) is 9.02 Å². The minimum Gasteiger partial charge on any atom is -0.382 e. The maximum absolute atomic E-state index is 10.8. The summed E-state index contributed by atoms with van der Waals surface area (Å²) < 4.78 is 0.892. The molecule has 2 N–H and O–H groups in total. The predicted octanol–water partition coefficient (Wildman–Crippen LogP) is 2.42. The van der Waals surface area contributed by atoms with Gasteiger partial charge in [-0.3, -0.25) is 9.59 Å². The highest BCUT2D eigenvalue weighted by atomic mass is 32.1. The first-order valence-corrected chi connectivity index (χ1v) is 10.1. The Bertz CT molecular complexity index is 831. The number of hydrogen-bond donors (Lipinski definition) is 2. The molecule has 0 heterocycles. The Morgan fingerprint density at radius 2 is 1.26 bits per heavy atom. The van der Waals surface area contributed by atoms with Crippen LogP contribution in [-0.4, -0.2) is 62.7 Å². The van der Waals surface area contributed by atoms with Crippen LogP contribution in [0.25, 0.3) is 0 Å². The second kappa shape index (κ2) is 12.1. The van der Waals surface area contributed by atoms with Crippen molar-refractivity contribution in [2.75, 3.05) is 63.5 Å². The first-order valence-electron chi connectivity index (χ1n) is 9.33. The third-order valence-electron chi connectivity index (χ3n) is 4.47. The van der Waals surface area contributed by atoms with E-state index in [-0.39, 0.29) is 10.9 Å². The van der Waals surface area contributed by atoms with E-state index in [0.717, 1.165) is 57.2 Å². The third-order valence-corrected chi connectivity index (χ3v) is 5.32. The van der Waals surface area contributed by atoms with Crippen molar-refractivity contribution in [2.45, 2.75) is 20.8 Å². The molecule has 150 valence electrons. The first kappa shape index (κ1) is 23.6. The molecule has 0 radical (unpaired) electrons. The number of anilines is 2. The molecule has 0 fully saturated rings. The van der Waals surface area contributed by atoms with Gasteiger partial charge in [-0.2, -0.15) is 0 Å². The molecule has 2 aromatic rings. The minimum absolute atomic E-state index is 0.0228. The fraction of sp³-hybridized carbons (Fsp3) is 0.579. The molecule has 2 rings (SSSR count). The Balaban J connectivity index is 0.000000271. The third kappa shape index (κ3) is 7.57. The number of rotatable bonds is 11. The van der Waals surface area contributed by atoms with Crippen molar-refractivity contribution in [1.82, 2.24) is 9.80 Å². The molecule has 2 aromatic carbocycles. The van der Waals surface area contributed by atoms with Gasteiger partial charge in [-0.1, -0.05) is 45.2 Å². The van der Waals surface area contributed by atoms with E-state index in [0.29, 0.717) is 9.02 Å². The second-order valence-electron chi connectivity index (χ2n) is 6.28. The second-order valence-corrected chi connectivity index (χ2v) is 7.10. The molecule has 0 spiro atoms. The lowest BCUT2D eigenvalue weighted by atomic mass is 10.3. The van der Waals surface area contributed by atoms with Crippen LogP contribution in [0.3, 0.4) is 0 Å².